The number of hydrogen-bond acceptors (Lipinski definition) is 0. The van der Waals surface area contributed by atoms with Crippen molar-refractivity contribution in [2.75, 3.05) is 26.2 Å². The Morgan fingerprint density at radius 3 is 1.78 bits per heavy atom. The molecule has 18 heavy (non-hydrogen) atoms. The summed E-state index contributed by atoms with van der Waals surface area (Å²) in [5.74, 6) is 0. The molecule has 0 radical (unpaired) electrons. The first-order chi connectivity index (χ1) is 7.99. The van der Waals surface area contributed by atoms with Crippen LogP contribution in [0.4, 0.5) is 0 Å². The lowest BCUT2D eigenvalue weighted by atomic mass is 10.1. The minimum absolute atomic E-state index is 0. The lowest BCUT2D eigenvalue weighted by Gasteiger charge is -2.34. The summed E-state index contributed by atoms with van der Waals surface area (Å²) < 4.78 is 1.22. The molecule has 0 atom stereocenters. The van der Waals surface area contributed by atoms with E-state index in [0.717, 1.165) is 0 Å². The summed E-state index contributed by atoms with van der Waals surface area (Å²) in [6.07, 6.45) is 7.19. The molecule has 2 heteroatoms. The third kappa shape index (κ3) is 7.94. The summed E-state index contributed by atoms with van der Waals surface area (Å²) in [6.45, 7) is 18.5. The molecule has 0 aliphatic rings. The highest BCUT2D eigenvalue weighted by Gasteiger charge is 2.18. The molecule has 0 heterocycles. The average Bonchev–Trinajstić information content (AvgIpc) is 2.31. The Balaban J connectivity index is 0. The van der Waals surface area contributed by atoms with Gasteiger partial charge >= 0.3 is 0 Å². The molecule has 0 aromatic rings. The molecular formula is C16H32ClN. The molecule has 0 bridgehead atoms. The summed E-state index contributed by atoms with van der Waals surface area (Å²) in [5, 5.41) is 0. The van der Waals surface area contributed by atoms with Crippen molar-refractivity contribution in [1.82, 2.24) is 0 Å². The van der Waals surface area contributed by atoms with Gasteiger partial charge in [0.25, 0.3) is 0 Å². The SMILES string of the molecule is CC[N+](CC)(CC)C/C=C(\C)CCC=C(C)C.[Cl-]. The number of quaternary nitrogens is 1. The summed E-state index contributed by atoms with van der Waals surface area (Å²) >= 11 is 0. The molecular weight excluding hydrogens is 242 g/mol. The molecule has 0 amide bonds. The van der Waals surface area contributed by atoms with E-state index in [1.54, 1.807) is 5.57 Å². The van der Waals surface area contributed by atoms with E-state index in [2.05, 4.69) is 53.7 Å². The number of hydrogen-bond donors (Lipinski definition) is 0. The van der Waals surface area contributed by atoms with Gasteiger partial charge < -0.3 is 16.9 Å². The van der Waals surface area contributed by atoms with E-state index >= 15 is 0 Å². The molecule has 0 aromatic heterocycles. The molecule has 0 aliphatic carbocycles. The van der Waals surface area contributed by atoms with E-state index in [-0.39, 0.29) is 12.4 Å². The summed E-state index contributed by atoms with van der Waals surface area (Å²) in [4.78, 5) is 0. The van der Waals surface area contributed by atoms with Crippen molar-refractivity contribution in [3.63, 3.8) is 0 Å². The fraction of sp³-hybridized carbons (Fsp3) is 0.750. The molecule has 0 aromatic carbocycles. The fourth-order valence-electron chi connectivity index (χ4n) is 2.10. The van der Waals surface area contributed by atoms with Gasteiger partial charge in [0.1, 0.15) is 0 Å². The van der Waals surface area contributed by atoms with Gasteiger partial charge in [-0.15, -0.1) is 0 Å². The van der Waals surface area contributed by atoms with Crippen LogP contribution >= 0.6 is 0 Å². The second-order valence-electron chi connectivity index (χ2n) is 5.34. The number of halogens is 1. The summed E-state index contributed by atoms with van der Waals surface area (Å²) in [6, 6.07) is 0. The molecule has 0 saturated heterocycles. The van der Waals surface area contributed by atoms with Crippen LogP contribution in [0.3, 0.4) is 0 Å². The van der Waals surface area contributed by atoms with Gasteiger partial charge in [-0.05, 0) is 60.5 Å². The maximum Gasteiger partial charge on any atom is 0.0976 e. The van der Waals surface area contributed by atoms with Crippen LogP contribution in [0.2, 0.25) is 0 Å². The molecule has 108 valence electrons. The Bertz CT molecular complexity index is 250. The molecule has 0 saturated carbocycles. The van der Waals surface area contributed by atoms with Crippen molar-refractivity contribution in [3.05, 3.63) is 23.3 Å². The zero-order chi connectivity index (χ0) is 13.3. The van der Waals surface area contributed by atoms with Gasteiger partial charge in [-0.1, -0.05) is 17.2 Å². The van der Waals surface area contributed by atoms with Gasteiger partial charge in [0.2, 0.25) is 0 Å². The van der Waals surface area contributed by atoms with Crippen molar-refractivity contribution in [3.8, 4) is 0 Å². The fourth-order valence-corrected chi connectivity index (χ4v) is 2.10. The normalized spacial score (nSPS) is 12.0. The first kappa shape index (κ1) is 20.1. The quantitative estimate of drug-likeness (QED) is 0.465. The van der Waals surface area contributed by atoms with Crippen LogP contribution in [0.25, 0.3) is 0 Å². The predicted octanol–water partition coefficient (Wildman–Crippen LogP) is 1.56. The Labute approximate surface area is 121 Å². The topological polar surface area (TPSA) is 0 Å². The minimum Gasteiger partial charge on any atom is -1.00 e. The van der Waals surface area contributed by atoms with Crippen molar-refractivity contribution in [2.45, 2.75) is 54.4 Å². The Morgan fingerprint density at radius 1 is 0.889 bits per heavy atom. The van der Waals surface area contributed by atoms with Crippen LogP contribution < -0.4 is 12.4 Å². The predicted molar refractivity (Wildman–Crippen MR) is 79.2 cm³/mol. The summed E-state index contributed by atoms with van der Waals surface area (Å²) in [5.41, 5.74) is 2.97. The first-order valence-corrected chi connectivity index (χ1v) is 7.13. The van der Waals surface area contributed by atoms with Crippen molar-refractivity contribution < 1.29 is 16.9 Å². The third-order valence-electron chi connectivity index (χ3n) is 3.93. The first-order valence-electron chi connectivity index (χ1n) is 7.13. The zero-order valence-electron chi connectivity index (χ0n) is 13.2. The monoisotopic (exact) mass is 273 g/mol. The lowest BCUT2D eigenvalue weighted by molar-refractivity contribution is -0.917. The maximum absolute atomic E-state index is 2.45. The Hall–Kier alpha value is -0.270. The Kier molecular flexibility index (Phi) is 11.8. The zero-order valence-corrected chi connectivity index (χ0v) is 14.0. The van der Waals surface area contributed by atoms with Crippen LogP contribution in [0.5, 0.6) is 0 Å². The molecule has 1 nitrogen and oxygen atoms in total. The molecule has 0 unspecified atom stereocenters. The van der Waals surface area contributed by atoms with Crippen LogP contribution in [-0.2, 0) is 0 Å². The molecule has 0 aliphatic heterocycles. The Morgan fingerprint density at radius 2 is 1.39 bits per heavy atom. The number of likely N-dealkylation sites (N-methyl/N-ethyl adjacent to an activating group) is 1. The van der Waals surface area contributed by atoms with Crippen LogP contribution in [0.15, 0.2) is 23.3 Å². The van der Waals surface area contributed by atoms with Gasteiger partial charge in [0.05, 0.1) is 26.2 Å². The van der Waals surface area contributed by atoms with Crippen molar-refractivity contribution in [2.24, 2.45) is 0 Å². The van der Waals surface area contributed by atoms with Gasteiger partial charge in [-0.2, -0.15) is 0 Å². The highest BCUT2D eigenvalue weighted by Crippen LogP contribution is 2.11. The smallest absolute Gasteiger partial charge is 0.0976 e. The van der Waals surface area contributed by atoms with E-state index < -0.39 is 0 Å². The van der Waals surface area contributed by atoms with E-state index in [0.29, 0.717) is 0 Å². The van der Waals surface area contributed by atoms with E-state index in [1.807, 2.05) is 0 Å². The largest absolute Gasteiger partial charge is 1.00 e. The van der Waals surface area contributed by atoms with Crippen LogP contribution in [-0.4, -0.2) is 30.7 Å². The second kappa shape index (κ2) is 10.6. The highest BCUT2D eigenvalue weighted by atomic mass is 35.5. The molecule has 0 spiro atoms. The molecule has 0 fully saturated rings. The van der Waals surface area contributed by atoms with Crippen LogP contribution in [0, 0.1) is 0 Å². The average molecular weight is 274 g/mol. The van der Waals surface area contributed by atoms with Crippen molar-refractivity contribution in [1.29, 1.82) is 0 Å². The standard InChI is InChI=1S/C16H32N.ClH/c1-7-17(8-2,9-3)14-13-16(6)12-10-11-15(4)5;/h11,13H,7-10,12,14H2,1-6H3;1H/q+1;/p-1/b16-13+;. The number of rotatable bonds is 8. The third-order valence-corrected chi connectivity index (χ3v) is 3.93. The van der Waals surface area contributed by atoms with Gasteiger partial charge in [-0.3, -0.25) is 0 Å². The highest BCUT2D eigenvalue weighted by molar-refractivity contribution is 5.02. The maximum atomic E-state index is 2.45. The minimum atomic E-state index is 0. The van der Waals surface area contributed by atoms with E-state index in [1.165, 1.54) is 49.1 Å². The van der Waals surface area contributed by atoms with Crippen molar-refractivity contribution >= 4 is 0 Å². The van der Waals surface area contributed by atoms with Gasteiger partial charge in [-0.25, -0.2) is 0 Å². The number of allylic oxidation sites excluding steroid dienone is 3. The van der Waals surface area contributed by atoms with Gasteiger partial charge in [0.15, 0.2) is 0 Å². The van der Waals surface area contributed by atoms with E-state index in [4.69, 9.17) is 0 Å². The summed E-state index contributed by atoms with van der Waals surface area (Å²) in [7, 11) is 0. The number of nitrogens with zero attached hydrogens (tertiary/aromatic N) is 1. The molecule has 0 rings (SSSR count). The molecule has 0 N–H and O–H groups in total. The second-order valence-corrected chi connectivity index (χ2v) is 5.34. The van der Waals surface area contributed by atoms with Gasteiger partial charge in [0, 0.05) is 0 Å². The van der Waals surface area contributed by atoms with Crippen LogP contribution in [0.1, 0.15) is 54.4 Å². The lowest BCUT2D eigenvalue weighted by Crippen LogP contribution is -3.00. The van der Waals surface area contributed by atoms with E-state index in [9.17, 15) is 0 Å².